The van der Waals surface area contributed by atoms with Crippen molar-refractivity contribution < 1.29 is 4.79 Å². The van der Waals surface area contributed by atoms with Crippen LogP contribution in [0.25, 0.3) is 27.2 Å². The number of H-pyrrole nitrogens is 1. The fourth-order valence-corrected chi connectivity index (χ4v) is 5.42. The number of hydrogen-bond donors (Lipinski definition) is 1. The Morgan fingerprint density at radius 2 is 1.82 bits per heavy atom. The summed E-state index contributed by atoms with van der Waals surface area (Å²) < 4.78 is 1.83. The van der Waals surface area contributed by atoms with Crippen molar-refractivity contribution >= 4 is 28.1 Å². The molecule has 1 saturated heterocycles. The van der Waals surface area contributed by atoms with Gasteiger partial charge >= 0.3 is 0 Å². The van der Waals surface area contributed by atoms with E-state index >= 15 is 0 Å². The minimum absolute atomic E-state index is 0.0188. The smallest absolute Gasteiger partial charge is 0.273 e. The maximum absolute atomic E-state index is 13.1. The van der Waals surface area contributed by atoms with Gasteiger partial charge in [-0.25, -0.2) is 9.67 Å². The van der Waals surface area contributed by atoms with Crippen LogP contribution in [0.2, 0.25) is 0 Å². The fourth-order valence-electron chi connectivity index (χ4n) is 4.65. The summed E-state index contributed by atoms with van der Waals surface area (Å²) in [4.78, 5) is 23.1. The average Bonchev–Trinajstić information content (AvgIpc) is 3.64. The molecule has 1 amide bonds. The van der Waals surface area contributed by atoms with E-state index in [1.54, 1.807) is 6.20 Å². The molecule has 4 heterocycles. The molecule has 1 aliphatic rings. The van der Waals surface area contributed by atoms with Crippen LogP contribution in [0.1, 0.15) is 34.8 Å². The number of likely N-dealkylation sites (tertiary alicyclic amines) is 1. The van der Waals surface area contributed by atoms with Gasteiger partial charge in [0.05, 0.1) is 11.9 Å². The van der Waals surface area contributed by atoms with Crippen molar-refractivity contribution in [3.8, 4) is 16.3 Å². The van der Waals surface area contributed by atoms with Gasteiger partial charge in [-0.15, -0.1) is 11.3 Å². The number of carbonyl (C=O) groups is 1. The van der Waals surface area contributed by atoms with E-state index in [0.717, 1.165) is 42.2 Å². The first-order valence-corrected chi connectivity index (χ1v) is 12.1. The van der Waals surface area contributed by atoms with Crippen LogP contribution in [-0.4, -0.2) is 43.6 Å². The lowest BCUT2D eigenvalue weighted by molar-refractivity contribution is 0.0708. The average molecular weight is 454 g/mol. The third-order valence-electron chi connectivity index (χ3n) is 6.42. The first kappa shape index (κ1) is 19.9. The van der Waals surface area contributed by atoms with Crippen molar-refractivity contribution in [2.24, 2.45) is 0 Å². The number of amides is 1. The van der Waals surface area contributed by atoms with Gasteiger partial charge in [0.2, 0.25) is 0 Å². The first-order valence-electron chi connectivity index (χ1n) is 11.2. The number of carbonyl (C=O) groups excluding carboxylic acids is 1. The second-order valence-corrected chi connectivity index (χ2v) is 9.26. The van der Waals surface area contributed by atoms with Crippen LogP contribution in [0.15, 0.2) is 78.6 Å². The molecular formula is C26H23N5OS. The molecule has 6 rings (SSSR count). The zero-order chi connectivity index (χ0) is 22.2. The molecule has 1 N–H and O–H groups in total. The summed E-state index contributed by atoms with van der Waals surface area (Å²) in [5.74, 6) is 0.491. The third-order valence-corrected chi connectivity index (χ3v) is 7.31. The predicted octanol–water partition coefficient (Wildman–Crippen LogP) is 5.50. The van der Waals surface area contributed by atoms with Crippen LogP contribution in [0.5, 0.6) is 0 Å². The number of hydrogen-bond acceptors (Lipinski definition) is 4. The van der Waals surface area contributed by atoms with Gasteiger partial charge < -0.3 is 9.88 Å². The van der Waals surface area contributed by atoms with Crippen LogP contribution < -0.4 is 0 Å². The molecule has 0 bridgehead atoms. The first-order chi connectivity index (χ1) is 16.3. The largest absolute Gasteiger partial charge is 0.361 e. The molecule has 3 aromatic heterocycles. The number of para-hydroxylation sites is 2. The molecule has 0 unspecified atom stereocenters. The highest BCUT2D eigenvalue weighted by Crippen LogP contribution is 2.34. The number of fused-ring (bicyclic) bond motifs is 1. The number of thiazole rings is 1. The molecule has 0 atom stereocenters. The van der Waals surface area contributed by atoms with Gasteiger partial charge in [0, 0.05) is 47.3 Å². The lowest BCUT2D eigenvalue weighted by atomic mass is 9.89. The molecule has 0 radical (unpaired) electrons. The van der Waals surface area contributed by atoms with Crippen molar-refractivity contribution in [3.05, 3.63) is 89.8 Å². The molecule has 0 aliphatic carbocycles. The Bertz CT molecular complexity index is 1410. The monoisotopic (exact) mass is 453 g/mol. The van der Waals surface area contributed by atoms with Crippen molar-refractivity contribution in [1.82, 2.24) is 24.6 Å². The van der Waals surface area contributed by atoms with E-state index in [4.69, 9.17) is 0 Å². The number of benzene rings is 2. The van der Waals surface area contributed by atoms with E-state index in [9.17, 15) is 4.79 Å². The van der Waals surface area contributed by atoms with Gasteiger partial charge in [-0.3, -0.25) is 4.79 Å². The van der Waals surface area contributed by atoms with E-state index < -0.39 is 0 Å². The maximum Gasteiger partial charge on any atom is 0.273 e. The van der Waals surface area contributed by atoms with E-state index in [1.807, 2.05) is 51.5 Å². The SMILES string of the molecule is O=C(c1csc(-c2cnn(-c3ccccc3)c2)n1)N1CCC(c2c[nH]c3ccccc23)CC1. The lowest BCUT2D eigenvalue weighted by Gasteiger charge is -2.31. The van der Waals surface area contributed by atoms with Crippen LogP contribution in [0.3, 0.4) is 0 Å². The molecule has 164 valence electrons. The fraction of sp³-hybridized carbons (Fsp3) is 0.192. The van der Waals surface area contributed by atoms with E-state index in [0.29, 0.717) is 11.6 Å². The number of nitrogens with one attached hydrogen (secondary N) is 1. The normalized spacial score (nSPS) is 14.7. The summed E-state index contributed by atoms with van der Waals surface area (Å²) in [5.41, 5.74) is 4.98. The molecule has 0 saturated carbocycles. The zero-order valence-corrected chi connectivity index (χ0v) is 18.8. The Balaban J connectivity index is 1.14. The maximum atomic E-state index is 13.1. The molecule has 5 aromatic rings. The highest BCUT2D eigenvalue weighted by molar-refractivity contribution is 7.13. The van der Waals surface area contributed by atoms with E-state index in [2.05, 4.69) is 45.5 Å². The van der Waals surface area contributed by atoms with Gasteiger partial charge in [-0.2, -0.15) is 5.10 Å². The number of rotatable bonds is 4. The topological polar surface area (TPSA) is 66.8 Å². The van der Waals surface area contributed by atoms with Gasteiger partial charge in [0.25, 0.3) is 5.91 Å². The number of piperidine rings is 1. The summed E-state index contributed by atoms with van der Waals surface area (Å²) in [6.07, 6.45) is 7.82. The number of aromatic nitrogens is 4. The lowest BCUT2D eigenvalue weighted by Crippen LogP contribution is -2.38. The number of aromatic amines is 1. The standard InChI is InChI=1S/C26H23N5OS/c32-26(30-12-10-18(11-13-30)22-15-27-23-9-5-4-8-21(22)23)24-17-33-25(29-24)19-14-28-31(16-19)20-6-2-1-3-7-20/h1-9,14-18,27H,10-13H2. The van der Waals surface area contributed by atoms with Crippen molar-refractivity contribution in [2.75, 3.05) is 13.1 Å². The Morgan fingerprint density at radius 3 is 2.67 bits per heavy atom. The van der Waals surface area contributed by atoms with E-state index in [1.165, 1.54) is 27.8 Å². The highest BCUT2D eigenvalue weighted by atomic mass is 32.1. The highest BCUT2D eigenvalue weighted by Gasteiger charge is 2.27. The molecule has 33 heavy (non-hydrogen) atoms. The van der Waals surface area contributed by atoms with Crippen LogP contribution in [0, 0.1) is 0 Å². The molecule has 0 spiro atoms. The van der Waals surface area contributed by atoms with Crippen LogP contribution in [-0.2, 0) is 0 Å². The third kappa shape index (κ3) is 3.74. The van der Waals surface area contributed by atoms with Crippen molar-refractivity contribution in [2.45, 2.75) is 18.8 Å². The summed E-state index contributed by atoms with van der Waals surface area (Å²) in [7, 11) is 0. The van der Waals surface area contributed by atoms with Crippen molar-refractivity contribution in [1.29, 1.82) is 0 Å². The number of nitrogens with zero attached hydrogens (tertiary/aromatic N) is 4. The minimum Gasteiger partial charge on any atom is -0.361 e. The zero-order valence-electron chi connectivity index (χ0n) is 18.0. The van der Waals surface area contributed by atoms with Gasteiger partial charge in [0.1, 0.15) is 10.7 Å². The molecule has 2 aromatic carbocycles. The van der Waals surface area contributed by atoms with Gasteiger partial charge in [-0.05, 0) is 42.5 Å². The molecule has 6 nitrogen and oxygen atoms in total. The Labute approximate surface area is 195 Å². The summed E-state index contributed by atoms with van der Waals surface area (Å²) in [5, 5.41) is 8.42. The summed E-state index contributed by atoms with van der Waals surface area (Å²) in [6, 6.07) is 18.4. The molecule has 7 heteroatoms. The Kier molecular flexibility index (Phi) is 5.03. The molecular weight excluding hydrogens is 430 g/mol. The second-order valence-electron chi connectivity index (χ2n) is 8.40. The summed E-state index contributed by atoms with van der Waals surface area (Å²) in [6.45, 7) is 1.50. The van der Waals surface area contributed by atoms with Crippen LogP contribution >= 0.6 is 11.3 Å². The molecule has 1 aliphatic heterocycles. The quantitative estimate of drug-likeness (QED) is 0.391. The van der Waals surface area contributed by atoms with Crippen LogP contribution in [0.4, 0.5) is 0 Å². The Hall–Kier alpha value is -3.71. The van der Waals surface area contributed by atoms with Gasteiger partial charge in [-0.1, -0.05) is 36.4 Å². The molecule has 1 fully saturated rings. The predicted molar refractivity (Wildman–Crippen MR) is 131 cm³/mol. The summed E-state index contributed by atoms with van der Waals surface area (Å²) >= 11 is 1.49. The van der Waals surface area contributed by atoms with Gasteiger partial charge in [0.15, 0.2) is 0 Å². The van der Waals surface area contributed by atoms with E-state index in [-0.39, 0.29) is 5.91 Å². The second kappa shape index (κ2) is 8.33. The van der Waals surface area contributed by atoms with Crippen molar-refractivity contribution in [3.63, 3.8) is 0 Å². The minimum atomic E-state index is 0.0188. The Morgan fingerprint density at radius 1 is 1.03 bits per heavy atom.